The van der Waals surface area contributed by atoms with Crippen LogP contribution in [0.25, 0.3) is 0 Å². The number of amides is 2. The smallest absolute Gasteiger partial charge is 0.327 e. The third-order valence-electron chi connectivity index (χ3n) is 2.59. The molecule has 0 bridgehead atoms. The first-order chi connectivity index (χ1) is 8.68. The number of rotatable bonds is 3. The molecule has 0 aliphatic carbocycles. The van der Waals surface area contributed by atoms with Gasteiger partial charge in [-0.15, -0.1) is 11.8 Å². The molecule has 7 heteroatoms. The normalized spacial score (nSPS) is 18.7. The molecule has 1 fully saturated rings. The van der Waals surface area contributed by atoms with Gasteiger partial charge in [-0.2, -0.15) is 0 Å². The maximum atomic E-state index is 11.9. The van der Waals surface area contributed by atoms with E-state index < -0.39 is 12.0 Å². The molecule has 1 aliphatic heterocycles. The summed E-state index contributed by atoms with van der Waals surface area (Å²) in [5.74, 6) is -0.109. The number of nitrogens with zero attached hydrogens (tertiary/aromatic N) is 2. The summed E-state index contributed by atoms with van der Waals surface area (Å²) >= 11 is 1.44. The minimum absolute atomic E-state index is 0.347. The zero-order chi connectivity index (χ0) is 13.0. The third kappa shape index (κ3) is 2.92. The van der Waals surface area contributed by atoms with Gasteiger partial charge in [0.15, 0.2) is 0 Å². The molecular formula is C11H13N3O3S. The van der Waals surface area contributed by atoms with E-state index in [9.17, 15) is 9.59 Å². The summed E-state index contributed by atoms with van der Waals surface area (Å²) in [5.41, 5.74) is 0.879. The molecule has 1 atom stereocenters. The molecule has 2 N–H and O–H groups in total. The fourth-order valence-corrected chi connectivity index (χ4v) is 2.77. The average molecular weight is 267 g/mol. The van der Waals surface area contributed by atoms with Crippen molar-refractivity contribution in [2.75, 3.05) is 11.6 Å². The minimum Gasteiger partial charge on any atom is -0.480 e. The molecule has 1 aromatic rings. The van der Waals surface area contributed by atoms with Crippen LogP contribution in [-0.2, 0) is 11.3 Å². The van der Waals surface area contributed by atoms with Crippen LogP contribution in [0.1, 0.15) is 5.56 Å². The summed E-state index contributed by atoms with van der Waals surface area (Å²) in [6.07, 6.45) is 3.32. The van der Waals surface area contributed by atoms with E-state index in [-0.39, 0.29) is 6.03 Å². The van der Waals surface area contributed by atoms with E-state index in [2.05, 4.69) is 10.3 Å². The first kappa shape index (κ1) is 12.7. The van der Waals surface area contributed by atoms with Crippen molar-refractivity contribution in [3.8, 4) is 0 Å². The number of hydrogen-bond acceptors (Lipinski definition) is 4. The summed E-state index contributed by atoms with van der Waals surface area (Å²) < 4.78 is 0. The predicted octanol–water partition coefficient (Wildman–Crippen LogP) is 0.751. The Bertz CT molecular complexity index is 440. The Morgan fingerprint density at radius 3 is 3.11 bits per heavy atom. The van der Waals surface area contributed by atoms with Gasteiger partial charge in [-0.3, -0.25) is 4.98 Å². The molecule has 0 saturated carbocycles. The number of carboxylic acids is 1. The lowest BCUT2D eigenvalue weighted by atomic mass is 10.3. The fourth-order valence-electron chi connectivity index (χ4n) is 1.63. The van der Waals surface area contributed by atoms with Gasteiger partial charge >= 0.3 is 12.0 Å². The van der Waals surface area contributed by atoms with Crippen LogP contribution in [0.2, 0.25) is 0 Å². The van der Waals surface area contributed by atoms with E-state index >= 15 is 0 Å². The molecule has 0 aromatic carbocycles. The SMILES string of the molecule is O=C(O)[C@@H]1CSCN1C(=O)NCc1cccnc1. The second-order valence-electron chi connectivity index (χ2n) is 3.84. The van der Waals surface area contributed by atoms with Crippen molar-refractivity contribution in [3.63, 3.8) is 0 Å². The second-order valence-corrected chi connectivity index (χ2v) is 4.84. The Kier molecular flexibility index (Phi) is 4.03. The molecule has 1 saturated heterocycles. The summed E-state index contributed by atoms with van der Waals surface area (Å²) in [6, 6.07) is 2.55. The van der Waals surface area contributed by atoms with E-state index in [0.29, 0.717) is 18.2 Å². The van der Waals surface area contributed by atoms with Gasteiger partial charge in [-0.1, -0.05) is 6.07 Å². The molecule has 1 aliphatic rings. The maximum Gasteiger partial charge on any atom is 0.327 e. The van der Waals surface area contributed by atoms with Crippen LogP contribution >= 0.6 is 11.8 Å². The zero-order valence-electron chi connectivity index (χ0n) is 9.57. The number of hydrogen-bond donors (Lipinski definition) is 2. The van der Waals surface area contributed by atoms with Gasteiger partial charge in [0.2, 0.25) is 0 Å². The monoisotopic (exact) mass is 267 g/mol. The van der Waals surface area contributed by atoms with Gasteiger partial charge in [0.1, 0.15) is 6.04 Å². The molecule has 0 unspecified atom stereocenters. The number of urea groups is 1. The lowest BCUT2D eigenvalue weighted by molar-refractivity contribution is -0.140. The zero-order valence-corrected chi connectivity index (χ0v) is 10.4. The quantitative estimate of drug-likeness (QED) is 0.844. The number of nitrogens with one attached hydrogen (secondary N) is 1. The van der Waals surface area contributed by atoms with Crippen molar-refractivity contribution in [3.05, 3.63) is 30.1 Å². The van der Waals surface area contributed by atoms with E-state index in [0.717, 1.165) is 5.56 Å². The Hall–Kier alpha value is -1.76. The maximum absolute atomic E-state index is 11.9. The van der Waals surface area contributed by atoms with E-state index in [4.69, 9.17) is 5.11 Å². The number of carbonyl (C=O) groups is 2. The van der Waals surface area contributed by atoms with Crippen LogP contribution in [0.3, 0.4) is 0 Å². The Morgan fingerprint density at radius 1 is 1.61 bits per heavy atom. The standard InChI is InChI=1S/C11H13N3O3S/c15-10(16)9-6-18-7-14(9)11(17)13-5-8-2-1-3-12-4-8/h1-4,9H,5-7H2,(H,13,17)(H,15,16)/t9-/m0/s1. The van der Waals surface area contributed by atoms with Crippen molar-refractivity contribution in [2.24, 2.45) is 0 Å². The van der Waals surface area contributed by atoms with Crippen LogP contribution in [0.4, 0.5) is 4.79 Å². The van der Waals surface area contributed by atoms with Gasteiger partial charge in [-0.25, -0.2) is 9.59 Å². The van der Waals surface area contributed by atoms with Gasteiger partial charge in [-0.05, 0) is 11.6 Å². The third-order valence-corrected chi connectivity index (χ3v) is 3.61. The minimum atomic E-state index is -0.962. The summed E-state index contributed by atoms with van der Waals surface area (Å²) in [7, 11) is 0. The highest BCUT2D eigenvalue weighted by Crippen LogP contribution is 2.20. The lowest BCUT2D eigenvalue weighted by Gasteiger charge is -2.20. The average Bonchev–Trinajstić information content (AvgIpc) is 2.86. The van der Waals surface area contributed by atoms with Gasteiger partial charge in [0.05, 0.1) is 5.88 Å². The topological polar surface area (TPSA) is 82.5 Å². The molecule has 0 spiro atoms. The van der Waals surface area contributed by atoms with E-state index in [1.54, 1.807) is 18.5 Å². The number of thioether (sulfide) groups is 1. The van der Waals surface area contributed by atoms with Crippen LogP contribution < -0.4 is 5.32 Å². The van der Waals surface area contributed by atoms with Crippen molar-refractivity contribution in [1.29, 1.82) is 0 Å². The Labute approximate surface area is 108 Å². The van der Waals surface area contributed by atoms with Crippen LogP contribution in [0.5, 0.6) is 0 Å². The van der Waals surface area contributed by atoms with Gasteiger partial charge < -0.3 is 15.3 Å². The van der Waals surface area contributed by atoms with Gasteiger partial charge in [0.25, 0.3) is 0 Å². The van der Waals surface area contributed by atoms with Crippen LogP contribution in [0.15, 0.2) is 24.5 Å². The molecule has 6 nitrogen and oxygen atoms in total. The highest BCUT2D eigenvalue weighted by molar-refractivity contribution is 7.99. The Balaban J connectivity index is 1.90. The van der Waals surface area contributed by atoms with Crippen molar-refractivity contribution in [1.82, 2.24) is 15.2 Å². The molecule has 2 rings (SSSR count). The number of carbonyl (C=O) groups excluding carboxylic acids is 1. The number of aliphatic carboxylic acids is 1. The van der Waals surface area contributed by atoms with Crippen molar-refractivity contribution >= 4 is 23.8 Å². The molecule has 1 aromatic heterocycles. The van der Waals surface area contributed by atoms with Crippen LogP contribution in [-0.4, -0.2) is 44.7 Å². The summed E-state index contributed by atoms with van der Waals surface area (Å²) in [6.45, 7) is 0.347. The molecular weight excluding hydrogens is 254 g/mol. The van der Waals surface area contributed by atoms with Gasteiger partial charge in [0, 0.05) is 24.7 Å². The second kappa shape index (κ2) is 5.72. The van der Waals surface area contributed by atoms with Crippen molar-refractivity contribution < 1.29 is 14.7 Å². The molecule has 18 heavy (non-hydrogen) atoms. The molecule has 2 heterocycles. The molecule has 2 amide bonds. The highest BCUT2D eigenvalue weighted by Gasteiger charge is 2.34. The lowest BCUT2D eigenvalue weighted by Crippen LogP contribution is -2.46. The number of pyridine rings is 1. The predicted molar refractivity (Wildman–Crippen MR) is 67.1 cm³/mol. The number of carboxylic acid groups (broad SMARTS) is 1. The van der Waals surface area contributed by atoms with E-state index in [1.165, 1.54) is 16.7 Å². The summed E-state index contributed by atoms with van der Waals surface area (Å²) in [4.78, 5) is 28.1. The van der Waals surface area contributed by atoms with Crippen molar-refractivity contribution in [2.45, 2.75) is 12.6 Å². The molecule has 0 radical (unpaired) electrons. The fraction of sp³-hybridized carbons (Fsp3) is 0.364. The first-order valence-corrected chi connectivity index (χ1v) is 6.58. The van der Waals surface area contributed by atoms with E-state index in [1.807, 2.05) is 6.07 Å². The number of aromatic nitrogens is 1. The Morgan fingerprint density at radius 2 is 2.44 bits per heavy atom. The summed E-state index contributed by atoms with van der Waals surface area (Å²) in [5, 5.41) is 11.7. The van der Waals surface area contributed by atoms with Crippen LogP contribution in [0, 0.1) is 0 Å². The first-order valence-electron chi connectivity index (χ1n) is 5.42. The molecule has 96 valence electrons. The highest BCUT2D eigenvalue weighted by atomic mass is 32.2. The largest absolute Gasteiger partial charge is 0.480 e.